The molecule has 0 bridgehead atoms. The number of benzene rings is 2. The molecule has 0 radical (unpaired) electrons. The van der Waals surface area contributed by atoms with E-state index in [-0.39, 0.29) is 12.7 Å². The molecule has 0 aromatic heterocycles. The number of aliphatic hydroxyl groups is 1. The Morgan fingerprint density at radius 3 is 2.44 bits per heavy atom. The number of carbonyl (C=O) groups excluding carboxylic acids is 1. The van der Waals surface area contributed by atoms with Gasteiger partial charge in [0.25, 0.3) is 0 Å². The molecule has 2 aromatic carbocycles. The number of piperidine rings is 1. The van der Waals surface area contributed by atoms with Crippen LogP contribution < -0.4 is 0 Å². The molecule has 2 aromatic rings. The Bertz CT molecular complexity index is 712. The van der Waals surface area contributed by atoms with E-state index in [0.29, 0.717) is 25.9 Å². The quantitative estimate of drug-likeness (QED) is 0.840. The molecule has 0 aliphatic carbocycles. The number of thioether (sulfide) groups is 1. The fraction of sp³-hybridized carbons (Fsp3) is 0.350. The Balaban J connectivity index is 1.58. The minimum absolute atomic E-state index is 0.274. The van der Waals surface area contributed by atoms with Crippen molar-refractivity contribution < 1.29 is 14.6 Å². The summed E-state index contributed by atoms with van der Waals surface area (Å²) in [4.78, 5) is 15.0. The lowest BCUT2D eigenvalue weighted by molar-refractivity contribution is -0.0274. The van der Waals surface area contributed by atoms with E-state index in [1.54, 1.807) is 16.7 Å². The highest BCUT2D eigenvalue weighted by Gasteiger charge is 2.37. The third-order valence-corrected chi connectivity index (χ3v) is 5.46. The molecule has 0 atom stereocenters. The van der Waals surface area contributed by atoms with Gasteiger partial charge in [-0.3, -0.25) is 0 Å². The van der Waals surface area contributed by atoms with Gasteiger partial charge in [-0.25, -0.2) is 4.79 Å². The first-order valence-electron chi connectivity index (χ1n) is 8.44. The van der Waals surface area contributed by atoms with Crippen molar-refractivity contribution in [2.24, 2.45) is 0 Å². The van der Waals surface area contributed by atoms with Crippen LogP contribution >= 0.6 is 11.8 Å². The summed E-state index contributed by atoms with van der Waals surface area (Å²) in [5.41, 5.74) is 1.05. The van der Waals surface area contributed by atoms with Gasteiger partial charge in [0, 0.05) is 18.0 Å². The van der Waals surface area contributed by atoms with Crippen LogP contribution in [-0.2, 0) is 16.9 Å². The Kier molecular flexibility index (Phi) is 5.66. The average molecular weight is 357 g/mol. The van der Waals surface area contributed by atoms with Gasteiger partial charge in [-0.2, -0.15) is 0 Å². The molecule has 1 amide bonds. The van der Waals surface area contributed by atoms with Crippen molar-refractivity contribution in [2.75, 3.05) is 19.3 Å². The molecule has 132 valence electrons. The largest absolute Gasteiger partial charge is 0.445 e. The van der Waals surface area contributed by atoms with Crippen molar-refractivity contribution in [1.82, 2.24) is 4.90 Å². The first-order chi connectivity index (χ1) is 12.1. The van der Waals surface area contributed by atoms with Crippen LogP contribution in [0.5, 0.6) is 0 Å². The zero-order valence-electron chi connectivity index (χ0n) is 14.4. The maximum atomic E-state index is 12.3. The normalized spacial score (nSPS) is 16.5. The van der Waals surface area contributed by atoms with Gasteiger partial charge < -0.3 is 14.7 Å². The lowest BCUT2D eigenvalue weighted by Crippen LogP contribution is -2.45. The molecule has 3 rings (SSSR count). The van der Waals surface area contributed by atoms with E-state index in [9.17, 15) is 9.90 Å². The van der Waals surface area contributed by atoms with E-state index < -0.39 is 5.60 Å². The molecule has 0 saturated carbocycles. The summed E-state index contributed by atoms with van der Waals surface area (Å²) < 4.78 is 5.39. The van der Waals surface area contributed by atoms with Crippen LogP contribution in [0.25, 0.3) is 0 Å². The number of ether oxygens (including phenoxy) is 1. The van der Waals surface area contributed by atoms with E-state index in [0.717, 1.165) is 16.0 Å². The van der Waals surface area contributed by atoms with Gasteiger partial charge in [0.2, 0.25) is 0 Å². The van der Waals surface area contributed by atoms with Crippen molar-refractivity contribution in [1.29, 1.82) is 0 Å². The molecule has 4 nitrogen and oxygen atoms in total. The highest BCUT2D eigenvalue weighted by molar-refractivity contribution is 7.98. The van der Waals surface area contributed by atoms with Gasteiger partial charge >= 0.3 is 6.09 Å². The van der Waals surface area contributed by atoms with Crippen LogP contribution in [0.3, 0.4) is 0 Å². The summed E-state index contributed by atoms with van der Waals surface area (Å²) in [6.07, 6.45) is 2.73. The van der Waals surface area contributed by atoms with Crippen molar-refractivity contribution >= 4 is 17.9 Å². The molecule has 1 aliphatic heterocycles. The van der Waals surface area contributed by atoms with E-state index in [2.05, 4.69) is 0 Å². The number of hydrogen-bond acceptors (Lipinski definition) is 4. The van der Waals surface area contributed by atoms with Crippen LogP contribution in [0.4, 0.5) is 4.79 Å². The molecule has 0 unspecified atom stereocenters. The average Bonchev–Trinajstić information content (AvgIpc) is 2.67. The standard InChI is InChI=1S/C20H23NO3S/c1-25-18-10-6-5-9-17(18)20(23)11-13-21(14-12-20)19(22)24-15-16-7-3-2-4-8-16/h2-10,23H,11-15H2,1H3. The zero-order chi connectivity index (χ0) is 17.7. The summed E-state index contributed by atoms with van der Waals surface area (Å²) in [6.45, 7) is 1.26. The third kappa shape index (κ3) is 4.17. The summed E-state index contributed by atoms with van der Waals surface area (Å²) in [7, 11) is 0. The number of carbonyl (C=O) groups is 1. The van der Waals surface area contributed by atoms with Crippen molar-refractivity contribution in [3.8, 4) is 0 Å². The van der Waals surface area contributed by atoms with Crippen LogP contribution in [0.15, 0.2) is 59.5 Å². The summed E-state index contributed by atoms with van der Waals surface area (Å²) in [5, 5.41) is 11.1. The zero-order valence-corrected chi connectivity index (χ0v) is 15.2. The SMILES string of the molecule is CSc1ccccc1C1(O)CCN(C(=O)OCc2ccccc2)CC1. The smallest absolute Gasteiger partial charge is 0.410 e. The predicted molar refractivity (Wildman–Crippen MR) is 99.6 cm³/mol. The summed E-state index contributed by atoms with van der Waals surface area (Å²) in [5.74, 6) is 0. The van der Waals surface area contributed by atoms with Gasteiger partial charge in [-0.05, 0) is 36.3 Å². The highest BCUT2D eigenvalue weighted by Crippen LogP contribution is 2.37. The number of hydrogen-bond donors (Lipinski definition) is 1. The molecule has 0 spiro atoms. The first kappa shape index (κ1) is 17.8. The predicted octanol–water partition coefficient (Wildman–Crippen LogP) is 4.03. The number of nitrogens with zero attached hydrogens (tertiary/aromatic N) is 1. The van der Waals surface area contributed by atoms with E-state index in [4.69, 9.17) is 4.74 Å². The Labute approximate surface area is 152 Å². The second-order valence-corrected chi connectivity index (χ2v) is 7.11. The molecular weight excluding hydrogens is 334 g/mol. The van der Waals surface area contributed by atoms with Crippen LogP contribution in [-0.4, -0.2) is 35.4 Å². The molecular formula is C20H23NO3S. The van der Waals surface area contributed by atoms with E-state index in [1.807, 2.05) is 60.9 Å². The van der Waals surface area contributed by atoms with E-state index >= 15 is 0 Å². The molecule has 1 aliphatic rings. The molecule has 1 heterocycles. The Morgan fingerprint density at radius 1 is 1.12 bits per heavy atom. The fourth-order valence-corrected chi connectivity index (χ4v) is 3.86. The van der Waals surface area contributed by atoms with Gasteiger partial charge in [-0.1, -0.05) is 48.5 Å². The monoisotopic (exact) mass is 357 g/mol. The summed E-state index contributed by atoms with van der Waals surface area (Å²) >= 11 is 1.64. The third-order valence-electron chi connectivity index (χ3n) is 4.66. The summed E-state index contributed by atoms with van der Waals surface area (Å²) in [6, 6.07) is 17.6. The maximum absolute atomic E-state index is 12.3. The second-order valence-electron chi connectivity index (χ2n) is 6.26. The topological polar surface area (TPSA) is 49.8 Å². The van der Waals surface area contributed by atoms with Crippen LogP contribution in [0.2, 0.25) is 0 Å². The Morgan fingerprint density at radius 2 is 1.76 bits per heavy atom. The highest BCUT2D eigenvalue weighted by atomic mass is 32.2. The van der Waals surface area contributed by atoms with Gasteiger partial charge in [-0.15, -0.1) is 11.8 Å². The maximum Gasteiger partial charge on any atom is 0.410 e. The van der Waals surface area contributed by atoms with Gasteiger partial charge in [0.05, 0.1) is 5.60 Å². The van der Waals surface area contributed by atoms with Crippen molar-refractivity contribution in [3.05, 3.63) is 65.7 Å². The second kappa shape index (κ2) is 7.93. The van der Waals surface area contributed by atoms with Crippen molar-refractivity contribution in [2.45, 2.75) is 29.9 Å². The fourth-order valence-electron chi connectivity index (χ4n) is 3.17. The minimum atomic E-state index is -0.879. The van der Waals surface area contributed by atoms with Gasteiger partial charge in [0.15, 0.2) is 0 Å². The lowest BCUT2D eigenvalue weighted by atomic mass is 9.84. The number of rotatable bonds is 4. The lowest BCUT2D eigenvalue weighted by Gasteiger charge is -2.38. The molecule has 5 heteroatoms. The first-order valence-corrected chi connectivity index (χ1v) is 9.66. The van der Waals surface area contributed by atoms with Crippen molar-refractivity contribution in [3.63, 3.8) is 0 Å². The molecule has 1 fully saturated rings. The van der Waals surface area contributed by atoms with Gasteiger partial charge in [0.1, 0.15) is 6.61 Å². The van der Waals surface area contributed by atoms with E-state index in [1.165, 1.54) is 0 Å². The van der Waals surface area contributed by atoms with Crippen LogP contribution in [0.1, 0.15) is 24.0 Å². The molecule has 25 heavy (non-hydrogen) atoms. The van der Waals surface area contributed by atoms with Crippen LogP contribution in [0, 0.1) is 0 Å². The number of likely N-dealkylation sites (tertiary alicyclic amines) is 1. The molecule has 1 saturated heterocycles. The number of amides is 1. The minimum Gasteiger partial charge on any atom is -0.445 e. The molecule has 1 N–H and O–H groups in total. The Hall–Kier alpha value is -1.98.